The maximum absolute atomic E-state index is 12.1. The summed E-state index contributed by atoms with van der Waals surface area (Å²) in [6.45, 7) is 7.62. The molecule has 0 aliphatic carbocycles. The van der Waals surface area contributed by atoms with E-state index in [-0.39, 0.29) is 30.2 Å². The van der Waals surface area contributed by atoms with Crippen molar-refractivity contribution in [2.75, 3.05) is 0 Å². The van der Waals surface area contributed by atoms with Crippen LogP contribution in [0, 0.1) is 5.92 Å². The maximum Gasteiger partial charge on any atom is 0.338 e. The zero-order valence-electron chi connectivity index (χ0n) is 13.3. The van der Waals surface area contributed by atoms with Crippen LogP contribution in [-0.2, 0) is 18.9 Å². The summed E-state index contributed by atoms with van der Waals surface area (Å²) in [5.41, 5.74) is 0.536. The fourth-order valence-electron chi connectivity index (χ4n) is 3.10. The Labute approximate surface area is 130 Å². The van der Waals surface area contributed by atoms with Gasteiger partial charge >= 0.3 is 5.97 Å². The molecule has 1 unspecified atom stereocenters. The predicted molar refractivity (Wildman–Crippen MR) is 79.2 cm³/mol. The molecule has 2 fully saturated rings. The molecule has 3 rings (SSSR count). The molecular formula is C17H22O5. The van der Waals surface area contributed by atoms with E-state index < -0.39 is 12.1 Å². The first-order valence-electron chi connectivity index (χ1n) is 7.64. The topological polar surface area (TPSA) is 54.0 Å². The van der Waals surface area contributed by atoms with Crippen LogP contribution in [-0.4, -0.2) is 36.4 Å². The Hall–Kier alpha value is -1.43. The van der Waals surface area contributed by atoms with E-state index >= 15 is 0 Å². The summed E-state index contributed by atoms with van der Waals surface area (Å²) < 4.78 is 23.0. The number of hydrogen-bond donors (Lipinski definition) is 0. The molecule has 5 heteroatoms. The Bertz CT molecular complexity index is 541. The van der Waals surface area contributed by atoms with E-state index in [0.717, 1.165) is 0 Å². The van der Waals surface area contributed by atoms with Gasteiger partial charge in [-0.15, -0.1) is 0 Å². The minimum absolute atomic E-state index is 0.0883. The maximum atomic E-state index is 12.1. The van der Waals surface area contributed by atoms with E-state index in [1.807, 2.05) is 45.9 Å². The highest BCUT2D eigenvalue weighted by Crippen LogP contribution is 2.41. The van der Waals surface area contributed by atoms with E-state index in [4.69, 9.17) is 18.9 Å². The molecule has 2 saturated heterocycles. The van der Waals surface area contributed by atoms with Crippen molar-refractivity contribution in [2.45, 2.75) is 58.1 Å². The van der Waals surface area contributed by atoms with Gasteiger partial charge in [0.1, 0.15) is 18.3 Å². The average Bonchev–Trinajstić information content (AvgIpc) is 2.93. The molecule has 1 aromatic rings. The molecule has 2 aliphatic rings. The van der Waals surface area contributed by atoms with Crippen LogP contribution in [0.15, 0.2) is 30.3 Å². The smallest absolute Gasteiger partial charge is 0.338 e. The highest BCUT2D eigenvalue weighted by Gasteiger charge is 2.54. The molecule has 0 spiro atoms. The molecule has 0 bridgehead atoms. The fraction of sp³-hybridized carbons (Fsp3) is 0.588. The Morgan fingerprint density at radius 2 is 1.91 bits per heavy atom. The van der Waals surface area contributed by atoms with E-state index in [2.05, 4.69) is 0 Å². The van der Waals surface area contributed by atoms with Gasteiger partial charge in [0.2, 0.25) is 0 Å². The number of benzene rings is 1. The first-order valence-corrected chi connectivity index (χ1v) is 7.64. The van der Waals surface area contributed by atoms with Crippen molar-refractivity contribution in [3.8, 4) is 0 Å². The average molecular weight is 306 g/mol. The standard InChI is InChI=1S/C17H22O5/c1-10-13(20-16-14(10)21-17(3,4)22-16)11(2)19-15(18)12-8-6-5-7-9-12/h5-11,13-14,16H,1-4H3/t10-,11-,13?,14-,16-/m1/s1. The molecule has 1 aromatic carbocycles. The minimum Gasteiger partial charge on any atom is -0.456 e. The van der Waals surface area contributed by atoms with Crippen LogP contribution < -0.4 is 0 Å². The summed E-state index contributed by atoms with van der Waals surface area (Å²) in [5, 5.41) is 0. The van der Waals surface area contributed by atoms with Gasteiger partial charge in [-0.05, 0) is 32.9 Å². The van der Waals surface area contributed by atoms with Crippen molar-refractivity contribution in [3.05, 3.63) is 35.9 Å². The van der Waals surface area contributed by atoms with E-state index in [1.165, 1.54) is 0 Å². The number of carbonyl (C=O) groups is 1. The lowest BCUT2D eigenvalue weighted by molar-refractivity contribution is -0.218. The number of esters is 1. The van der Waals surface area contributed by atoms with Crippen LogP contribution in [0.4, 0.5) is 0 Å². The Balaban J connectivity index is 1.62. The molecule has 0 aromatic heterocycles. The molecule has 0 amide bonds. The van der Waals surface area contributed by atoms with Crippen LogP contribution in [0.25, 0.3) is 0 Å². The van der Waals surface area contributed by atoms with Crippen molar-refractivity contribution in [1.82, 2.24) is 0 Å². The molecule has 0 saturated carbocycles. The lowest BCUT2D eigenvalue weighted by Gasteiger charge is -2.27. The zero-order valence-corrected chi connectivity index (χ0v) is 13.3. The van der Waals surface area contributed by atoms with Gasteiger partial charge in [-0.25, -0.2) is 4.79 Å². The van der Waals surface area contributed by atoms with Crippen molar-refractivity contribution in [3.63, 3.8) is 0 Å². The predicted octanol–water partition coefficient (Wildman–Crippen LogP) is 2.74. The van der Waals surface area contributed by atoms with Gasteiger partial charge in [-0.1, -0.05) is 25.1 Å². The summed E-state index contributed by atoms with van der Waals surface area (Å²) >= 11 is 0. The van der Waals surface area contributed by atoms with Gasteiger partial charge in [-0.3, -0.25) is 0 Å². The zero-order chi connectivity index (χ0) is 15.9. The normalized spacial score (nSPS) is 34.2. The monoisotopic (exact) mass is 306 g/mol. The van der Waals surface area contributed by atoms with Crippen molar-refractivity contribution >= 4 is 5.97 Å². The molecule has 5 atom stereocenters. The van der Waals surface area contributed by atoms with E-state index in [9.17, 15) is 4.79 Å². The lowest BCUT2D eigenvalue weighted by atomic mass is 9.97. The van der Waals surface area contributed by atoms with Gasteiger partial charge in [0.25, 0.3) is 0 Å². The largest absolute Gasteiger partial charge is 0.456 e. The van der Waals surface area contributed by atoms with Crippen LogP contribution in [0.5, 0.6) is 0 Å². The van der Waals surface area contributed by atoms with Gasteiger partial charge in [0.05, 0.1) is 5.56 Å². The van der Waals surface area contributed by atoms with Crippen LogP contribution in [0.3, 0.4) is 0 Å². The van der Waals surface area contributed by atoms with Crippen LogP contribution in [0.2, 0.25) is 0 Å². The van der Waals surface area contributed by atoms with Crippen molar-refractivity contribution < 1.29 is 23.7 Å². The molecule has 0 radical (unpaired) electrons. The first-order chi connectivity index (χ1) is 10.4. The van der Waals surface area contributed by atoms with Gasteiger partial charge in [-0.2, -0.15) is 0 Å². The molecule has 2 aliphatic heterocycles. The third kappa shape index (κ3) is 2.89. The number of fused-ring (bicyclic) bond motifs is 1. The number of ether oxygens (including phenoxy) is 4. The molecule has 120 valence electrons. The van der Waals surface area contributed by atoms with E-state index in [1.54, 1.807) is 12.1 Å². The summed E-state index contributed by atoms with van der Waals surface area (Å²) in [7, 11) is 0. The third-order valence-corrected chi connectivity index (χ3v) is 4.18. The number of hydrogen-bond acceptors (Lipinski definition) is 5. The van der Waals surface area contributed by atoms with Gasteiger partial charge < -0.3 is 18.9 Å². The molecule has 0 N–H and O–H groups in total. The van der Waals surface area contributed by atoms with Crippen LogP contribution >= 0.6 is 0 Å². The second-order valence-corrected chi connectivity index (χ2v) is 6.40. The third-order valence-electron chi connectivity index (χ3n) is 4.18. The minimum atomic E-state index is -0.626. The first kappa shape index (κ1) is 15.5. The fourth-order valence-corrected chi connectivity index (χ4v) is 3.10. The van der Waals surface area contributed by atoms with Crippen molar-refractivity contribution in [1.29, 1.82) is 0 Å². The summed E-state index contributed by atoms with van der Waals surface area (Å²) in [6.07, 6.45) is -1.13. The van der Waals surface area contributed by atoms with Gasteiger partial charge in [0.15, 0.2) is 12.1 Å². The second kappa shape index (κ2) is 5.65. The highest BCUT2D eigenvalue weighted by atomic mass is 16.8. The Morgan fingerprint density at radius 3 is 2.55 bits per heavy atom. The Kier molecular flexibility index (Phi) is 3.97. The summed E-state index contributed by atoms with van der Waals surface area (Å²) in [5.74, 6) is -0.883. The van der Waals surface area contributed by atoms with Crippen molar-refractivity contribution in [2.24, 2.45) is 5.92 Å². The van der Waals surface area contributed by atoms with Crippen LogP contribution in [0.1, 0.15) is 38.1 Å². The molecule has 2 heterocycles. The highest BCUT2D eigenvalue weighted by molar-refractivity contribution is 5.89. The van der Waals surface area contributed by atoms with E-state index in [0.29, 0.717) is 5.56 Å². The lowest BCUT2D eigenvalue weighted by Crippen LogP contribution is -2.36. The summed E-state index contributed by atoms with van der Waals surface area (Å²) in [6, 6.07) is 8.95. The second-order valence-electron chi connectivity index (χ2n) is 6.40. The number of carbonyl (C=O) groups excluding carboxylic acids is 1. The molecule has 5 nitrogen and oxygen atoms in total. The SMILES string of the molecule is C[C@@H]1C([C@@H](C)OC(=O)c2ccccc2)O[C@@H]2OC(C)(C)O[C@@H]21. The van der Waals surface area contributed by atoms with Gasteiger partial charge in [0, 0.05) is 5.92 Å². The summed E-state index contributed by atoms with van der Waals surface area (Å²) in [4.78, 5) is 12.1. The number of rotatable bonds is 3. The molecule has 22 heavy (non-hydrogen) atoms. The quantitative estimate of drug-likeness (QED) is 0.804. The Morgan fingerprint density at radius 1 is 1.23 bits per heavy atom. The molecular weight excluding hydrogens is 284 g/mol.